The maximum atomic E-state index is 12.1. The van der Waals surface area contributed by atoms with Crippen molar-refractivity contribution >= 4 is 22.0 Å². The number of carbonyl (C=O) groups excluding carboxylic acids is 1. The van der Waals surface area contributed by atoms with Crippen molar-refractivity contribution in [1.29, 1.82) is 0 Å². The highest BCUT2D eigenvalue weighted by Gasteiger charge is 2.27. The second-order valence-corrected chi connectivity index (χ2v) is 6.46. The SMILES string of the molecule is Cc1ccc(S(=O)(=O)N[C@@H](COC(=O)[C@@H](N)CO)C(=O)O)cc1. The van der Waals surface area contributed by atoms with Gasteiger partial charge in [-0.15, -0.1) is 0 Å². The minimum atomic E-state index is -4.10. The number of nitrogens with one attached hydrogen (secondary N) is 1. The number of benzene rings is 1. The van der Waals surface area contributed by atoms with Crippen LogP contribution in [0.25, 0.3) is 0 Å². The molecule has 9 nitrogen and oxygen atoms in total. The Hall–Kier alpha value is -2.01. The average Bonchev–Trinajstić information content (AvgIpc) is 2.50. The predicted octanol–water partition coefficient (Wildman–Crippen LogP) is -1.41. The van der Waals surface area contributed by atoms with Gasteiger partial charge in [-0.3, -0.25) is 9.59 Å². The first kappa shape index (κ1) is 19.0. The number of aliphatic carboxylic acids is 1. The number of ether oxygens (including phenoxy) is 1. The summed E-state index contributed by atoms with van der Waals surface area (Å²) in [6.07, 6.45) is 0. The Morgan fingerprint density at radius 2 is 1.87 bits per heavy atom. The van der Waals surface area contributed by atoms with Gasteiger partial charge in [0.15, 0.2) is 6.04 Å². The first-order chi connectivity index (χ1) is 10.7. The average molecular weight is 346 g/mol. The third-order valence-electron chi connectivity index (χ3n) is 2.82. The van der Waals surface area contributed by atoms with Crippen LogP contribution >= 0.6 is 0 Å². The number of carboxylic acids is 1. The molecular weight excluding hydrogens is 328 g/mol. The Bertz CT molecular complexity index is 657. The zero-order valence-electron chi connectivity index (χ0n) is 12.3. The van der Waals surface area contributed by atoms with Crippen molar-refractivity contribution in [1.82, 2.24) is 4.72 Å². The third kappa shape index (κ3) is 5.60. The van der Waals surface area contributed by atoms with Gasteiger partial charge in [-0.25, -0.2) is 8.42 Å². The molecule has 0 saturated heterocycles. The summed E-state index contributed by atoms with van der Waals surface area (Å²) < 4.78 is 30.7. The number of aliphatic hydroxyl groups excluding tert-OH is 1. The Morgan fingerprint density at radius 3 is 2.35 bits per heavy atom. The number of carbonyl (C=O) groups is 2. The number of hydrogen-bond acceptors (Lipinski definition) is 7. The summed E-state index contributed by atoms with van der Waals surface area (Å²) in [5, 5.41) is 17.7. The van der Waals surface area contributed by atoms with Gasteiger partial charge in [0.2, 0.25) is 10.0 Å². The van der Waals surface area contributed by atoms with Crippen LogP contribution in [-0.4, -0.2) is 55.9 Å². The molecule has 23 heavy (non-hydrogen) atoms. The molecule has 1 aromatic rings. The van der Waals surface area contributed by atoms with E-state index in [1.165, 1.54) is 12.1 Å². The second kappa shape index (κ2) is 8.02. The standard InChI is InChI=1S/C13H18N2O7S/c1-8-2-4-9(5-3-8)23(20,21)15-11(12(17)18)7-22-13(19)10(14)6-16/h2-5,10-11,15-16H,6-7,14H2,1H3,(H,17,18)/t10-,11-/m0/s1. The minimum absolute atomic E-state index is 0.118. The lowest BCUT2D eigenvalue weighted by atomic mass is 10.2. The zero-order valence-corrected chi connectivity index (χ0v) is 13.1. The van der Waals surface area contributed by atoms with E-state index in [1.807, 2.05) is 4.72 Å². The number of hydrogen-bond donors (Lipinski definition) is 4. The van der Waals surface area contributed by atoms with Crippen molar-refractivity contribution in [2.24, 2.45) is 5.73 Å². The molecule has 0 amide bonds. The fourth-order valence-electron chi connectivity index (χ4n) is 1.48. The monoisotopic (exact) mass is 346 g/mol. The number of nitrogens with two attached hydrogens (primary N) is 1. The molecule has 0 radical (unpaired) electrons. The van der Waals surface area contributed by atoms with Crippen LogP contribution in [-0.2, 0) is 24.3 Å². The summed E-state index contributed by atoms with van der Waals surface area (Å²) in [5.41, 5.74) is 6.04. The van der Waals surface area contributed by atoms with Crippen molar-refractivity contribution in [2.45, 2.75) is 23.9 Å². The number of sulfonamides is 1. The lowest BCUT2D eigenvalue weighted by Crippen LogP contribution is -2.46. The molecule has 10 heteroatoms. The molecule has 5 N–H and O–H groups in total. The van der Waals surface area contributed by atoms with Crippen LogP contribution in [0.15, 0.2) is 29.2 Å². The Balaban J connectivity index is 2.81. The van der Waals surface area contributed by atoms with Crippen LogP contribution in [0.3, 0.4) is 0 Å². The summed E-state index contributed by atoms with van der Waals surface area (Å²) in [4.78, 5) is 22.3. The van der Waals surface area contributed by atoms with Gasteiger partial charge in [0.05, 0.1) is 11.5 Å². The van der Waals surface area contributed by atoms with Crippen molar-refractivity contribution in [3.63, 3.8) is 0 Å². The molecule has 1 aromatic carbocycles. The van der Waals surface area contributed by atoms with E-state index in [1.54, 1.807) is 19.1 Å². The minimum Gasteiger partial charge on any atom is -0.480 e. The van der Waals surface area contributed by atoms with Crippen LogP contribution < -0.4 is 10.5 Å². The summed E-state index contributed by atoms with van der Waals surface area (Å²) in [5.74, 6) is -2.56. The highest BCUT2D eigenvalue weighted by atomic mass is 32.2. The summed E-state index contributed by atoms with van der Waals surface area (Å²) in [6.45, 7) is 0.340. The van der Waals surface area contributed by atoms with Gasteiger partial charge in [0.1, 0.15) is 12.6 Å². The molecule has 0 spiro atoms. The van der Waals surface area contributed by atoms with E-state index in [0.29, 0.717) is 0 Å². The van der Waals surface area contributed by atoms with E-state index in [9.17, 15) is 18.0 Å². The van der Waals surface area contributed by atoms with Gasteiger partial charge in [0, 0.05) is 0 Å². The largest absolute Gasteiger partial charge is 0.480 e. The fraction of sp³-hybridized carbons (Fsp3) is 0.385. The topological polar surface area (TPSA) is 156 Å². The van der Waals surface area contributed by atoms with Gasteiger partial charge >= 0.3 is 11.9 Å². The molecule has 0 fully saturated rings. The molecular formula is C13H18N2O7S. The number of esters is 1. The van der Waals surface area contributed by atoms with Crippen LogP contribution in [0.2, 0.25) is 0 Å². The predicted molar refractivity (Wildman–Crippen MR) is 78.9 cm³/mol. The van der Waals surface area contributed by atoms with Crippen LogP contribution in [0.5, 0.6) is 0 Å². The molecule has 0 saturated carbocycles. The Labute approximate surface area is 133 Å². The van der Waals surface area contributed by atoms with Crippen LogP contribution in [0, 0.1) is 6.92 Å². The first-order valence-electron chi connectivity index (χ1n) is 6.52. The van der Waals surface area contributed by atoms with Crippen LogP contribution in [0.1, 0.15) is 5.56 Å². The zero-order chi connectivity index (χ0) is 17.6. The van der Waals surface area contributed by atoms with Gasteiger partial charge < -0.3 is 20.7 Å². The van der Waals surface area contributed by atoms with E-state index in [0.717, 1.165) is 5.56 Å². The molecule has 128 valence electrons. The second-order valence-electron chi connectivity index (χ2n) is 4.74. The first-order valence-corrected chi connectivity index (χ1v) is 8.00. The normalized spacial score (nSPS) is 14.0. The van der Waals surface area contributed by atoms with E-state index in [2.05, 4.69) is 4.74 Å². The Morgan fingerprint density at radius 1 is 1.30 bits per heavy atom. The lowest BCUT2D eigenvalue weighted by Gasteiger charge is -2.16. The summed E-state index contributed by atoms with van der Waals surface area (Å²) >= 11 is 0. The highest BCUT2D eigenvalue weighted by Crippen LogP contribution is 2.10. The van der Waals surface area contributed by atoms with Crippen molar-refractivity contribution < 1.29 is 33.0 Å². The molecule has 0 aliphatic carbocycles. The fourth-order valence-corrected chi connectivity index (χ4v) is 2.65. The highest BCUT2D eigenvalue weighted by molar-refractivity contribution is 7.89. The quantitative estimate of drug-likeness (QED) is 0.418. The van der Waals surface area contributed by atoms with Crippen molar-refractivity contribution in [2.75, 3.05) is 13.2 Å². The molecule has 2 atom stereocenters. The summed E-state index contributed by atoms with van der Waals surface area (Å²) in [7, 11) is -4.10. The molecule has 0 aromatic heterocycles. The van der Waals surface area contributed by atoms with E-state index in [4.69, 9.17) is 15.9 Å². The van der Waals surface area contributed by atoms with Gasteiger partial charge in [-0.2, -0.15) is 4.72 Å². The molecule has 0 unspecified atom stereocenters. The molecule has 0 aliphatic heterocycles. The third-order valence-corrected chi connectivity index (χ3v) is 4.31. The maximum absolute atomic E-state index is 12.1. The van der Waals surface area contributed by atoms with Crippen LogP contribution in [0.4, 0.5) is 0 Å². The number of aryl methyl sites for hydroxylation is 1. The van der Waals surface area contributed by atoms with Gasteiger partial charge in [-0.05, 0) is 19.1 Å². The molecule has 0 heterocycles. The number of aliphatic hydroxyl groups is 1. The molecule has 1 rings (SSSR count). The smallest absolute Gasteiger partial charge is 0.325 e. The van der Waals surface area contributed by atoms with E-state index >= 15 is 0 Å². The van der Waals surface area contributed by atoms with Crippen molar-refractivity contribution in [3.8, 4) is 0 Å². The number of carboxylic acid groups (broad SMARTS) is 1. The lowest BCUT2D eigenvalue weighted by molar-refractivity contribution is -0.150. The number of rotatable bonds is 8. The summed E-state index contributed by atoms with van der Waals surface area (Å²) in [6, 6.07) is 2.76. The van der Waals surface area contributed by atoms with Gasteiger partial charge in [-0.1, -0.05) is 17.7 Å². The maximum Gasteiger partial charge on any atom is 0.325 e. The van der Waals surface area contributed by atoms with E-state index in [-0.39, 0.29) is 4.90 Å². The Kier molecular flexibility index (Phi) is 6.63. The molecule has 0 bridgehead atoms. The van der Waals surface area contributed by atoms with E-state index < -0.39 is 47.3 Å². The van der Waals surface area contributed by atoms with Crippen molar-refractivity contribution in [3.05, 3.63) is 29.8 Å². The molecule has 0 aliphatic rings. The van der Waals surface area contributed by atoms with Gasteiger partial charge in [0.25, 0.3) is 0 Å².